The first-order chi connectivity index (χ1) is 10.3. The molecule has 21 heavy (non-hydrogen) atoms. The fourth-order valence-corrected chi connectivity index (χ4v) is 4.38. The van der Waals surface area contributed by atoms with Crippen LogP contribution >= 0.6 is 0 Å². The van der Waals surface area contributed by atoms with E-state index in [0.717, 1.165) is 24.1 Å². The Kier molecular flexibility index (Phi) is 1.99. The fraction of sp³-hybridized carbons (Fsp3) is 0.278. The molecule has 2 fully saturated rings. The van der Waals surface area contributed by atoms with Crippen molar-refractivity contribution in [1.29, 1.82) is 0 Å². The zero-order valence-electron chi connectivity index (χ0n) is 11.5. The number of carbonyl (C=O) groups excluding carboxylic acids is 1. The molecule has 0 N–H and O–H groups in total. The van der Waals surface area contributed by atoms with E-state index >= 15 is 0 Å². The molecule has 2 aromatic rings. The van der Waals surface area contributed by atoms with Crippen molar-refractivity contribution in [2.45, 2.75) is 24.6 Å². The maximum Gasteiger partial charge on any atom is 0.331 e. The molecular weight excluding hydrogens is 262 g/mol. The highest BCUT2D eigenvalue weighted by Crippen LogP contribution is 2.59. The first-order valence-corrected chi connectivity index (χ1v) is 7.46. The molecule has 0 spiro atoms. The Labute approximate surface area is 123 Å². The lowest BCUT2D eigenvalue weighted by molar-refractivity contribution is -0.160. The normalized spacial score (nSPS) is 32.0. The third-order valence-corrected chi connectivity index (χ3v) is 5.16. The maximum atomic E-state index is 12.3. The Morgan fingerprint density at radius 2 is 1.81 bits per heavy atom. The van der Waals surface area contributed by atoms with Crippen LogP contribution in [-0.2, 0) is 21.7 Å². The third kappa shape index (κ3) is 1.23. The number of ether oxygens (including phenoxy) is 1. The summed E-state index contributed by atoms with van der Waals surface area (Å²) < 4.78 is 5.94. The summed E-state index contributed by atoms with van der Waals surface area (Å²) >= 11 is 0. The van der Waals surface area contributed by atoms with Gasteiger partial charge in [0.2, 0.25) is 5.72 Å². The van der Waals surface area contributed by atoms with E-state index in [1.165, 1.54) is 5.56 Å². The standard InChI is InChI=1S/C18H15NO2/c20-17-16-11-14-10-12-6-4-5-9-15(12)19(16)18(14,21-17)13-7-2-1-3-8-13/h1-9,14,16H,10-11H2. The Balaban J connectivity index is 1.78. The highest BCUT2D eigenvalue weighted by molar-refractivity contribution is 5.88. The van der Waals surface area contributed by atoms with Crippen LogP contribution in [-0.4, -0.2) is 12.0 Å². The van der Waals surface area contributed by atoms with Gasteiger partial charge >= 0.3 is 5.97 Å². The SMILES string of the molecule is O=C1OC2(c3ccccc3)C3Cc4ccccc4N2C1C3. The van der Waals surface area contributed by atoms with Crippen LogP contribution in [0.3, 0.4) is 0 Å². The van der Waals surface area contributed by atoms with Crippen molar-refractivity contribution >= 4 is 11.7 Å². The summed E-state index contributed by atoms with van der Waals surface area (Å²) in [5, 5.41) is 0. The van der Waals surface area contributed by atoms with E-state index in [1.807, 2.05) is 24.3 Å². The molecule has 5 rings (SSSR count). The second-order valence-electron chi connectivity index (χ2n) is 6.13. The summed E-state index contributed by atoms with van der Waals surface area (Å²) in [6, 6.07) is 18.5. The first kappa shape index (κ1) is 11.4. The van der Waals surface area contributed by atoms with Gasteiger partial charge in [-0.2, -0.15) is 0 Å². The Hall–Kier alpha value is -2.29. The molecule has 3 heteroatoms. The molecule has 0 radical (unpaired) electrons. The minimum absolute atomic E-state index is 0.0770. The van der Waals surface area contributed by atoms with Crippen LogP contribution in [0, 0.1) is 5.92 Å². The Bertz CT molecular complexity index is 742. The maximum absolute atomic E-state index is 12.3. The zero-order valence-corrected chi connectivity index (χ0v) is 11.5. The molecule has 3 nitrogen and oxygen atoms in total. The molecule has 2 saturated heterocycles. The minimum atomic E-state index is -0.586. The summed E-state index contributed by atoms with van der Waals surface area (Å²) in [7, 11) is 0. The van der Waals surface area contributed by atoms with Gasteiger partial charge in [-0.05, 0) is 24.5 Å². The first-order valence-electron chi connectivity index (χ1n) is 7.46. The van der Waals surface area contributed by atoms with E-state index in [2.05, 4.69) is 35.2 Å². The summed E-state index contributed by atoms with van der Waals surface area (Å²) in [6.07, 6.45) is 1.87. The number of esters is 1. The quantitative estimate of drug-likeness (QED) is 0.751. The van der Waals surface area contributed by atoms with Crippen molar-refractivity contribution in [3.8, 4) is 0 Å². The van der Waals surface area contributed by atoms with Gasteiger partial charge in [-0.3, -0.25) is 0 Å². The topological polar surface area (TPSA) is 29.5 Å². The molecule has 4 bridgehead atoms. The van der Waals surface area contributed by atoms with Gasteiger partial charge in [0.25, 0.3) is 0 Å². The molecule has 0 aromatic heterocycles. The van der Waals surface area contributed by atoms with E-state index < -0.39 is 5.72 Å². The van der Waals surface area contributed by atoms with Crippen LogP contribution in [0.4, 0.5) is 5.69 Å². The molecule has 0 saturated carbocycles. The van der Waals surface area contributed by atoms with Gasteiger partial charge in [0.15, 0.2) is 0 Å². The van der Waals surface area contributed by atoms with E-state index in [0.29, 0.717) is 5.92 Å². The summed E-state index contributed by atoms with van der Waals surface area (Å²) in [5.74, 6) is 0.268. The summed E-state index contributed by atoms with van der Waals surface area (Å²) in [5.41, 5.74) is 3.00. The average Bonchev–Trinajstić information content (AvgIpc) is 2.92. The lowest BCUT2D eigenvalue weighted by atomic mass is 9.80. The predicted molar refractivity (Wildman–Crippen MR) is 78.7 cm³/mol. The lowest BCUT2D eigenvalue weighted by Gasteiger charge is -2.43. The largest absolute Gasteiger partial charge is 0.433 e. The van der Waals surface area contributed by atoms with Crippen LogP contribution in [0.2, 0.25) is 0 Å². The van der Waals surface area contributed by atoms with Crippen molar-refractivity contribution in [3.05, 3.63) is 65.7 Å². The number of hydrogen-bond acceptors (Lipinski definition) is 3. The molecular formula is C18H15NO2. The van der Waals surface area contributed by atoms with Crippen LogP contribution < -0.4 is 4.90 Å². The van der Waals surface area contributed by atoms with Crippen LogP contribution in [0.1, 0.15) is 17.5 Å². The number of benzene rings is 2. The van der Waals surface area contributed by atoms with Crippen LogP contribution in [0.25, 0.3) is 0 Å². The molecule has 3 heterocycles. The number of rotatable bonds is 1. The molecule has 3 aliphatic rings. The van der Waals surface area contributed by atoms with Crippen molar-refractivity contribution in [1.82, 2.24) is 0 Å². The Morgan fingerprint density at radius 1 is 1.05 bits per heavy atom. The molecule has 2 aromatic carbocycles. The van der Waals surface area contributed by atoms with Gasteiger partial charge in [-0.15, -0.1) is 0 Å². The van der Waals surface area contributed by atoms with E-state index in [1.54, 1.807) is 0 Å². The number of hydrogen-bond donors (Lipinski definition) is 0. The third-order valence-electron chi connectivity index (χ3n) is 5.16. The summed E-state index contributed by atoms with van der Waals surface area (Å²) in [6.45, 7) is 0. The van der Waals surface area contributed by atoms with Crippen molar-refractivity contribution in [3.63, 3.8) is 0 Å². The van der Waals surface area contributed by atoms with Crippen molar-refractivity contribution in [2.75, 3.05) is 4.90 Å². The van der Waals surface area contributed by atoms with E-state index in [-0.39, 0.29) is 12.0 Å². The van der Waals surface area contributed by atoms with Crippen molar-refractivity contribution in [2.24, 2.45) is 5.92 Å². The number of para-hydroxylation sites is 1. The Morgan fingerprint density at radius 3 is 2.67 bits per heavy atom. The van der Waals surface area contributed by atoms with E-state index in [4.69, 9.17) is 4.74 Å². The molecule has 0 amide bonds. The molecule has 3 aliphatic heterocycles. The molecule has 0 aliphatic carbocycles. The molecule has 104 valence electrons. The van der Waals surface area contributed by atoms with Crippen LogP contribution in [0.5, 0.6) is 0 Å². The van der Waals surface area contributed by atoms with Gasteiger partial charge in [-0.1, -0.05) is 48.5 Å². The van der Waals surface area contributed by atoms with Crippen molar-refractivity contribution < 1.29 is 9.53 Å². The number of anilines is 1. The zero-order chi connectivity index (χ0) is 14.0. The predicted octanol–water partition coefficient (Wildman–Crippen LogP) is 2.85. The average molecular weight is 277 g/mol. The second-order valence-corrected chi connectivity index (χ2v) is 6.13. The fourth-order valence-electron chi connectivity index (χ4n) is 4.38. The van der Waals surface area contributed by atoms with Gasteiger partial charge in [0.1, 0.15) is 6.04 Å². The highest BCUT2D eigenvalue weighted by atomic mass is 16.6. The van der Waals surface area contributed by atoms with Gasteiger partial charge in [-0.25, -0.2) is 4.79 Å². The number of fused-ring (bicyclic) bond motifs is 1. The highest BCUT2D eigenvalue weighted by Gasteiger charge is 2.67. The lowest BCUT2D eigenvalue weighted by Crippen LogP contribution is -2.47. The monoisotopic (exact) mass is 277 g/mol. The number of nitrogens with zero attached hydrogens (tertiary/aromatic N) is 1. The van der Waals surface area contributed by atoms with Gasteiger partial charge < -0.3 is 9.64 Å². The van der Waals surface area contributed by atoms with E-state index in [9.17, 15) is 4.79 Å². The molecule has 3 atom stereocenters. The summed E-state index contributed by atoms with van der Waals surface area (Å²) in [4.78, 5) is 14.5. The minimum Gasteiger partial charge on any atom is -0.433 e. The van der Waals surface area contributed by atoms with Gasteiger partial charge in [0.05, 0.1) is 0 Å². The van der Waals surface area contributed by atoms with Crippen LogP contribution in [0.15, 0.2) is 54.6 Å². The second kappa shape index (κ2) is 3.67. The smallest absolute Gasteiger partial charge is 0.331 e. The molecule has 3 unspecified atom stereocenters. The number of carbonyl (C=O) groups is 1. The van der Waals surface area contributed by atoms with Gasteiger partial charge in [0, 0.05) is 17.2 Å².